The molecule has 0 N–H and O–H groups in total. The third-order valence-electron chi connectivity index (χ3n) is 2.32. The van der Waals surface area contributed by atoms with E-state index in [4.69, 9.17) is 0 Å². The van der Waals surface area contributed by atoms with E-state index in [9.17, 15) is 0 Å². The van der Waals surface area contributed by atoms with Crippen LogP contribution in [0.2, 0.25) is 0 Å². The highest BCUT2D eigenvalue weighted by Crippen LogP contribution is 2.12. The van der Waals surface area contributed by atoms with Gasteiger partial charge in [-0.3, -0.25) is 0 Å². The molecule has 11 heavy (non-hydrogen) atoms. The topological polar surface area (TPSA) is 3.88 Å². The highest BCUT2D eigenvalue weighted by atomic mass is 127. The molecule has 1 aromatic heterocycles. The van der Waals surface area contributed by atoms with Gasteiger partial charge in [0.2, 0.25) is 0 Å². The van der Waals surface area contributed by atoms with Gasteiger partial charge in [0, 0.05) is 18.1 Å². The predicted molar refractivity (Wildman–Crippen MR) is 55.0 cm³/mol. The molecule has 0 spiro atoms. The van der Waals surface area contributed by atoms with Gasteiger partial charge < -0.3 is 0 Å². The lowest BCUT2D eigenvalue weighted by Gasteiger charge is -2.03. The fourth-order valence-electron chi connectivity index (χ4n) is 1.09. The molecule has 0 bridgehead atoms. The average molecular weight is 262 g/mol. The van der Waals surface area contributed by atoms with Gasteiger partial charge >= 0.3 is 22.9 Å². The summed E-state index contributed by atoms with van der Waals surface area (Å²) in [4.78, 5) is 0. The SMILES string of the molecule is Cc1c[n+](I)c(C)c(C)c1C. The molecule has 1 aromatic rings. The summed E-state index contributed by atoms with van der Waals surface area (Å²) in [5, 5.41) is 0. The summed E-state index contributed by atoms with van der Waals surface area (Å²) < 4.78 is 2.15. The molecule has 0 aliphatic heterocycles. The molecular formula is C9H13IN+. The van der Waals surface area contributed by atoms with E-state index < -0.39 is 0 Å². The molecule has 0 unspecified atom stereocenters. The number of rotatable bonds is 0. The zero-order valence-electron chi connectivity index (χ0n) is 7.40. The number of hydrogen-bond acceptors (Lipinski definition) is 0. The zero-order valence-corrected chi connectivity index (χ0v) is 9.56. The molecule has 1 rings (SSSR count). The first kappa shape index (κ1) is 8.97. The largest absolute Gasteiger partial charge is 0.354 e. The second kappa shape index (κ2) is 3.09. The van der Waals surface area contributed by atoms with Crippen molar-refractivity contribution in [1.29, 1.82) is 0 Å². The van der Waals surface area contributed by atoms with Gasteiger partial charge in [-0.25, -0.2) is 0 Å². The van der Waals surface area contributed by atoms with E-state index in [1.807, 2.05) is 0 Å². The highest BCUT2D eigenvalue weighted by molar-refractivity contribution is 14.1. The maximum atomic E-state index is 2.31. The minimum atomic E-state index is 1.34. The van der Waals surface area contributed by atoms with Gasteiger partial charge in [0.1, 0.15) is 0 Å². The van der Waals surface area contributed by atoms with Crippen molar-refractivity contribution in [2.45, 2.75) is 27.7 Å². The Hall–Kier alpha value is -0.120. The molecule has 0 saturated heterocycles. The molecule has 0 fully saturated rings. The van der Waals surface area contributed by atoms with Gasteiger partial charge in [-0.15, -0.1) is 2.78 Å². The maximum absolute atomic E-state index is 2.31. The lowest BCUT2D eigenvalue weighted by atomic mass is 10.1. The van der Waals surface area contributed by atoms with Crippen LogP contribution in [0.1, 0.15) is 22.4 Å². The minimum absolute atomic E-state index is 1.34. The summed E-state index contributed by atoms with van der Waals surface area (Å²) in [7, 11) is 0. The van der Waals surface area contributed by atoms with Crippen molar-refractivity contribution in [2.24, 2.45) is 0 Å². The summed E-state index contributed by atoms with van der Waals surface area (Å²) in [5.74, 6) is 0. The van der Waals surface area contributed by atoms with Gasteiger partial charge in [-0.05, 0) is 26.3 Å². The van der Waals surface area contributed by atoms with Crippen molar-refractivity contribution in [2.75, 3.05) is 0 Å². The Morgan fingerprint density at radius 3 is 2.18 bits per heavy atom. The smallest absolute Gasteiger partial charge is 0.141 e. The first-order chi connectivity index (χ1) is 5.04. The van der Waals surface area contributed by atoms with Crippen molar-refractivity contribution in [1.82, 2.24) is 0 Å². The third-order valence-corrected chi connectivity index (χ3v) is 3.33. The molecule has 0 saturated carbocycles. The van der Waals surface area contributed by atoms with Gasteiger partial charge in [-0.2, -0.15) is 0 Å². The van der Waals surface area contributed by atoms with E-state index in [-0.39, 0.29) is 0 Å². The van der Waals surface area contributed by atoms with Crippen molar-refractivity contribution in [3.8, 4) is 0 Å². The van der Waals surface area contributed by atoms with Crippen molar-refractivity contribution < 1.29 is 2.78 Å². The van der Waals surface area contributed by atoms with E-state index in [2.05, 4.69) is 59.5 Å². The van der Waals surface area contributed by atoms with Crippen molar-refractivity contribution in [3.05, 3.63) is 28.6 Å². The zero-order chi connectivity index (χ0) is 8.59. The molecule has 1 nitrogen and oxygen atoms in total. The van der Waals surface area contributed by atoms with Crippen LogP contribution in [0.15, 0.2) is 6.20 Å². The van der Waals surface area contributed by atoms with Gasteiger partial charge in [0.25, 0.3) is 0 Å². The number of hydrogen-bond donors (Lipinski definition) is 0. The molecule has 0 amide bonds. The van der Waals surface area contributed by atoms with Crippen LogP contribution in [0.25, 0.3) is 0 Å². The monoisotopic (exact) mass is 262 g/mol. The molecule has 1 heterocycles. The first-order valence-electron chi connectivity index (χ1n) is 3.69. The first-order valence-corrected chi connectivity index (χ1v) is 4.65. The quantitative estimate of drug-likeness (QED) is 0.632. The van der Waals surface area contributed by atoms with Crippen LogP contribution in [0, 0.1) is 27.7 Å². The van der Waals surface area contributed by atoms with Gasteiger partial charge in [0.15, 0.2) is 11.9 Å². The van der Waals surface area contributed by atoms with E-state index in [1.54, 1.807) is 0 Å². The Kier molecular flexibility index (Phi) is 2.52. The Bertz CT molecular complexity index is 266. The van der Waals surface area contributed by atoms with E-state index >= 15 is 0 Å². The summed E-state index contributed by atoms with van der Waals surface area (Å²) in [6.07, 6.45) is 2.16. The number of halogens is 1. The second-order valence-corrected chi connectivity index (χ2v) is 4.00. The predicted octanol–water partition coefficient (Wildman–Crippen LogP) is 2.41. The molecule has 60 valence electrons. The number of aryl methyl sites for hydroxylation is 1. The number of nitrogens with zero attached hydrogens (tertiary/aromatic N) is 1. The van der Waals surface area contributed by atoms with Crippen LogP contribution in [0.5, 0.6) is 0 Å². The van der Waals surface area contributed by atoms with E-state index in [0.29, 0.717) is 0 Å². The molecule has 0 aromatic carbocycles. The highest BCUT2D eigenvalue weighted by Gasteiger charge is 2.10. The van der Waals surface area contributed by atoms with Crippen molar-refractivity contribution in [3.63, 3.8) is 0 Å². The summed E-state index contributed by atoms with van der Waals surface area (Å²) in [5.41, 5.74) is 5.52. The lowest BCUT2D eigenvalue weighted by molar-refractivity contribution is -0.450. The average Bonchev–Trinajstić information content (AvgIpc) is 1.97. The Morgan fingerprint density at radius 1 is 1.09 bits per heavy atom. The van der Waals surface area contributed by atoms with Crippen LogP contribution >= 0.6 is 22.9 Å². The molecular weight excluding hydrogens is 249 g/mol. The normalized spacial score (nSPS) is 10.3. The fourth-order valence-corrected chi connectivity index (χ4v) is 1.87. The Morgan fingerprint density at radius 2 is 1.64 bits per heavy atom. The summed E-state index contributed by atoms with van der Waals surface area (Å²) in [6.45, 7) is 8.65. The fraction of sp³-hybridized carbons (Fsp3) is 0.444. The molecule has 0 aliphatic rings. The molecule has 0 radical (unpaired) electrons. The van der Waals surface area contributed by atoms with Crippen LogP contribution in [-0.4, -0.2) is 0 Å². The Balaban J connectivity index is 3.46. The van der Waals surface area contributed by atoms with Gasteiger partial charge in [0.05, 0.1) is 0 Å². The summed E-state index contributed by atoms with van der Waals surface area (Å²) >= 11 is 2.31. The number of aromatic nitrogens is 1. The molecule has 0 aliphatic carbocycles. The lowest BCUT2D eigenvalue weighted by Crippen LogP contribution is -2.25. The standard InChI is InChI=1S/C9H13IN/c1-6-5-11(10)9(4)8(3)7(6)2/h5H,1-4H3/q+1. The number of pyridine rings is 1. The second-order valence-electron chi connectivity index (χ2n) is 2.96. The maximum Gasteiger partial charge on any atom is 0.354 e. The van der Waals surface area contributed by atoms with Crippen LogP contribution in [-0.2, 0) is 0 Å². The van der Waals surface area contributed by atoms with Gasteiger partial charge in [-0.1, -0.05) is 0 Å². The third kappa shape index (κ3) is 1.55. The van der Waals surface area contributed by atoms with Crippen LogP contribution in [0.3, 0.4) is 0 Å². The molecule has 0 atom stereocenters. The summed E-state index contributed by atoms with van der Waals surface area (Å²) in [6, 6.07) is 0. The molecule has 2 heteroatoms. The van der Waals surface area contributed by atoms with Crippen LogP contribution < -0.4 is 2.78 Å². The van der Waals surface area contributed by atoms with E-state index in [1.165, 1.54) is 22.4 Å². The van der Waals surface area contributed by atoms with Crippen molar-refractivity contribution >= 4 is 22.9 Å². The minimum Gasteiger partial charge on any atom is -0.141 e. The van der Waals surface area contributed by atoms with E-state index in [0.717, 1.165) is 0 Å². The Labute approximate surface area is 81.9 Å². The van der Waals surface area contributed by atoms with Crippen LogP contribution in [0.4, 0.5) is 0 Å².